The summed E-state index contributed by atoms with van der Waals surface area (Å²) in [5, 5.41) is 6.90. The summed E-state index contributed by atoms with van der Waals surface area (Å²) in [4.78, 5) is 26.8. The smallest absolute Gasteiger partial charge is 0.294 e. The molecule has 3 aromatic rings. The third kappa shape index (κ3) is 4.49. The molecule has 0 radical (unpaired) electrons. The van der Waals surface area contributed by atoms with Crippen molar-refractivity contribution in [3.8, 4) is 5.75 Å². The van der Waals surface area contributed by atoms with E-state index < -0.39 is 5.82 Å². The molecule has 2 aromatic carbocycles. The number of rotatable bonds is 5. The zero-order chi connectivity index (χ0) is 22.7. The molecule has 4 rings (SSSR count). The zero-order valence-corrected chi connectivity index (χ0v) is 17.9. The molecule has 1 aliphatic rings. The Balaban J connectivity index is 1.37. The molecule has 2 heterocycles. The van der Waals surface area contributed by atoms with E-state index in [-0.39, 0.29) is 29.1 Å². The molecule has 32 heavy (non-hydrogen) atoms. The van der Waals surface area contributed by atoms with Gasteiger partial charge in [0.25, 0.3) is 11.8 Å². The van der Waals surface area contributed by atoms with Crippen LogP contribution in [0.5, 0.6) is 5.75 Å². The van der Waals surface area contributed by atoms with Gasteiger partial charge in [-0.3, -0.25) is 9.59 Å². The number of methoxy groups -OCH3 is 1. The summed E-state index contributed by atoms with van der Waals surface area (Å²) in [5.41, 5.74) is 2.29. The molecule has 1 aromatic heterocycles. The Bertz CT molecular complexity index is 1140. The first-order valence-corrected chi connectivity index (χ1v) is 10.4. The van der Waals surface area contributed by atoms with E-state index in [4.69, 9.17) is 9.26 Å². The third-order valence-electron chi connectivity index (χ3n) is 5.74. The van der Waals surface area contributed by atoms with E-state index in [0.29, 0.717) is 43.1 Å². The fourth-order valence-electron chi connectivity index (χ4n) is 3.86. The second-order valence-corrected chi connectivity index (χ2v) is 7.80. The minimum absolute atomic E-state index is 0.0627. The van der Waals surface area contributed by atoms with Crippen molar-refractivity contribution in [3.63, 3.8) is 0 Å². The van der Waals surface area contributed by atoms with E-state index in [1.54, 1.807) is 42.3 Å². The quantitative estimate of drug-likeness (QED) is 0.639. The van der Waals surface area contributed by atoms with E-state index in [1.165, 1.54) is 12.1 Å². The van der Waals surface area contributed by atoms with Gasteiger partial charge >= 0.3 is 0 Å². The average molecular weight is 437 g/mol. The van der Waals surface area contributed by atoms with Gasteiger partial charge in [-0.1, -0.05) is 17.3 Å². The Morgan fingerprint density at radius 3 is 2.59 bits per heavy atom. The van der Waals surface area contributed by atoms with Crippen molar-refractivity contribution in [3.05, 3.63) is 76.9 Å². The predicted molar refractivity (Wildman–Crippen MR) is 116 cm³/mol. The number of hydrogen-bond donors (Lipinski definition) is 1. The molecule has 2 amide bonds. The largest absolute Gasteiger partial charge is 0.497 e. The minimum atomic E-state index is -0.515. The molecular weight excluding hydrogens is 413 g/mol. The minimum Gasteiger partial charge on any atom is -0.497 e. The Hall–Kier alpha value is -3.68. The molecule has 0 unspecified atom stereocenters. The maximum Gasteiger partial charge on any atom is 0.294 e. The Labute approximate surface area is 185 Å². The van der Waals surface area contributed by atoms with Crippen molar-refractivity contribution in [2.75, 3.05) is 25.5 Å². The van der Waals surface area contributed by atoms with Gasteiger partial charge < -0.3 is 19.5 Å². The summed E-state index contributed by atoms with van der Waals surface area (Å²) < 4.78 is 24.4. The van der Waals surface area contributed by atoms with Crippen molar-refractivity contribution < 1.29 is 23.2 Å². The predicted octanol–water partition coefficient (Wildman–Crippen LogP) is 4.40. The van der Waals surface area contributed by atoms with Gasteiger partial charge in [0.15, 0.2) is 0 Å². The van der Waals surface area contributed by atoms with Crippen LogP contribution in [0.15, 0.2) is 53.1 Å². The van der Waals surface area contributed by atoms with Crippen molar-refractivity contribution in [1.29, 1.82) is 0 Å². The number of ether oxygens (including phenoxy) is 1. The van der Waals surface area contributed by atoms with Crippen LogP contribution < -0.4 is 10.1 Å². The van der Waals surface area contributed by atoms with Crippen LogP contribution in [0, 0.1) is 12.7 Å². The number of aromatic nitrogens is 1. The highest BCUT2D eigenvalue weighted by Gasteiger charge is 2.28. The second-order valence-electron chi connectivity index (χ2n) is 7.80. The molecule has 0 spiro atoms. The number of piperidine rings is 1. The van der Waals surface area contributed by atoms with E-state index in [2.05, 4.69) is 10.5 Å². The maximum atomic E-state index is 13.9. The second kappa shape index (κ2) is 9.21. The molecule has 7 nitrogen and oxygen atoms in total. The zero-order valence-electron chi connectivity index (χ0n) is 17.9. The monoisotopic (exact) mass is 437 g/mol. The number of benzene rings is 2. The number of nitrogens with zero attached hydrogens (tertiary/aromatic N) is 2. The molecule has 1 saturated heterocycles. The standard InChI is InChI=1S/C24H24FN3O4/c1-15-13-17(31-2)7-8-20(15)26-23(29)22-14-21(27-32-22)16-9-11-28(12-10-16)24(30)18-5-3-4-6-19(18)25/h3-8,13-14,16H,9-12H2,1-2H3,(H,26,29). The summed E-state index contributed by atoms with van der Waals surface area (Å²) in [6.45, 7) is 2.84. The summed E-state index contributed by atoms with van der Waals surface area (Å²) in [6, 6.07) is 13.0. The number of amides is 2. The van der Waals surface area contributed by atoms with Crippen molar-refractivity contribution in [1.82, 2.24) is 10.1 Å². The highest BCUT2D eigenvalue weighted by atomic mass is 19.1. The SMILES string of the molecule is COc1ccc(NC(=O)c2cc(C3CCN(C(=O)c4ccccc4F)CC3)no2)c(C)c1. The van der Waals surface area contributed by atoms with Gasteiger partial charge in [-0.15, -0.1) is 0 Å². The molecule has 0 aliphatic carbocycles. The fourth-order valence-corrected chi connectivity index (χ4v) is 3.86. The van der Waals surface area contributed by atoms with E-state index in [0.717, 1.165) is 5.56 Å². The van der Waals surface area contributed by atoms with Crippen LogP contribution in [0.2, 0.25) is 0 Å². The average Bonchev–Trinajstić information content (AvgIpc) is 3.31. The number of halogens is 1. The molecule has 8 heteroatoms. The van der Waals surface area contributed by atoms with Gasteiger partial charge in [0.2, 0.25) is 5.76 Å². The molecule has 1 aliphatic heterocycles. The molecule has 0 atom stereocenters. The van der Waals surface area contributed by atoms with E-state index >= 15 is 0 Å². The van der Waals surface area contributed by atoms with Crippen LogP contribution in [0.1, 0.15) is 50.9 Å². The number of hydrogen-bond acceptors (Lipinski definition) is 5. The Morgan fingerprint density at radius 1 is 1.16 bits per heavy atom. The summed E-state index contributed by atoms with van der Waals surface area (Å²) in [6.07, 6.45) is 1.32. The van der Waals surface area contributed by atoms with Gasteiger partial charge in [-0.05, 0) is 55.7 Å². The first-order chi connectivity index (χ1) is 15.5. The van der Waals surface area contributed by atoms with E-state index in [9.17, 15) is 14.0 Å². The summed E-state index contributed by atoms with van der Waals surface area (Å²) in [5.74, 6) is -0.310. The lowest BCUT2D eigenvalue weighted by atomic mass is 9.93. The number of likely N-dealkylation sites (tertiary alicyclic amines) is 1. The normalized spacial score (nSPS) is 14.3. The lowest BCUT2D eigenvalue weighted by Crippen LogP contribution is -2.38. The molecular formula is C24H24FN3O4. The maximum absolute atomic E-state index is 13.9. The summed E-state index contributed by atoms with van der Waals surface area (Å²) >= 11 is 0. The summed E-state index contributed by atoms with van der Waals surface area (Å²) in [7, 11) is 1.59. The number of anilines is 1. The van der Waals surface area contributed by atoms with Gasteiger partial charge in [-0.25, -0.2) is 4.39 Å². The number of nitrogens with one attached hydrogen (secondary N) is 1. The third-order valence-corrected chi connectivity index (χ3v) is 5.74. The highest BCUT2D eigenvalue weighted by molar-refractivity contribution is 6.02. The molecule has 0 saturated carbocycles. The van der Waals surface area contributed by atoms with Gasteiger partial charge in [0.05, 0.1) is 18.4 Å². The van der Waals surface area contributed by atoms with Crippen molar-refractivity contribution in [2.45, 2.75) is 25.7 Å². The molecule has 166 valence electrons. The first kappa shape index (κ1) is 21.5. The molecule has 1 fully saturated rings. The van der Waals surface area contributed by atoms with Gasteiger partial charge in [-0.2, -0.15) is 0 Å². The van der Waals surface area contributed by atoms with Crippen LogP contribution in [0.4, 0.5) is 10.1 Å². The lowest BCUT2D eigenvalue weighted by molar-refractivity contribution is 0.0706. The van der Waals surface area contributed by atoms with E-state index in [1.807, 2.05) is 13.0 Å². The fraction of sp³-hybridized carbons (Fsp3) is 0.292. The van der Waals surface area contributed by atoms with Crippen LogP contribution >= 0.6 is 0 Å². The number of aryl methyl sites for hydroxylation is 1. The number of carbonyl (C=O) groups excluding carboxylic acids is 2. The Kier molecular flexibility index (Phi) is 6.20. The van der Waals surface area contributed by atoms with Crippen LogP contribution in [-0.4, -0.2) is 42.1 Å². The molecule has 0 bridgehead atoms. The van der Waals surface area contributed by atoms with Crippen LogP contribution in [0.3, 0.4) is 0 Å². The highest BCUT2D eigenvalue weighted by Crippen LogP contribution is 2.29. The van der Waals surface area contributed by atoms with Crippen molar-refractivity contribution in [2.24, 2.45) is 0 Å². The van der Waals surface area contributed by atoms with Crippen molar-refractivity contribution >= 4 is 17.5 Å². The van der Waals surface area contributed by atoms with Gasteiger partial charge in [0.1, 0.15) is 11.6 Å². The number of carbonyl (C=O) groups is 2. The Morgan fingerprint density at radius 2 is 1.91 bits per heavy atom. The van der Waals surface area contributed by atoms with Crippen LogP contribution in [-0.2, 0) is 0 Å². The van der Waals surface area contributed by atoms with Crippen LogP contribution in [0.25, 0.3) is 0 Å². The first-order valence-electron chi connectivity index (χ1n) is 10.4. The lowest BCUT2D eigenvalue weighted by Gasteiger charge is -2.31. The topological polar surface area (TPSA) is 84.7 Å². The van der Waals surface area contributed by atoms with Gasteiger partial charge in [0, 0.05) is 30.8 Å². The molecule has 1 N–H and O–H groups in total.